The molecule has 0 aliphatic heterocycles. The number of hydrogen-bond acceptors (Lipinski definition) is 6. The van der Waals surface area contributed by atoms with Gasteiger partial charge in [0, 0.05) is 33.0 Å². The molecule has 0 radical (unpaired) electrons. The Balaban J connectivity index is 1.56. The van der Waals surface area contributed by atoms with Gasteiger partial charge in [0.1, 0.15) is 12.1 Å². The SMILES string of the molecule is COc1ccc(Nc2ncnc3ccc(NC(=S)Nc4ccc(Br)cc4)cc23)cc1OC. The van der Waals surface area contributed by atoms with Gasteiger partial charge in [0.25, 0.3) is 0 Å². The van der Waals surface area contributed by atoms with Crippen LogP contribution in [0.5, 0.6) is 11.5 Å². The van der Waals surface area contributed by atoms with E-state index in [0.29, 0.717) is 22.4 Å². The van der Waals surface area contributed by atoms with Crippen LogP contribution in [0.3, 0.4) is 0 Å². The smallest absolute Gasteiger partial charge is 0.175 e. The van der Waals surface area contributed by atoms with Crippen molar-refractivity contribution in [2.45, 2.75) is 0 Å². The minimum absolute atomic E-state index is 0.484. The molecular weight excluding hydrogens is 490 g/mol. The topological polar surface area (TPSA) is 80.3 Å². The van der Waals surface area contributed by atoms with Crippen molar-refractivity contribution in [3.05, 3.63) is 71.5 Å². The predicted octanol–water partition coefficient (Wildman–Crippen LogP) is 5.96. The van der Waals surface area contributed by atoms with E-state index in [1.807, 2.05) is 60.7 Å². The third kappa shape index (κ3) is 5.06. The van der Waals surface area contributed by atoms with Crippen molar-refractivity contribution < 1.29 is 9.47 Å². The summed E-state index contributed by atoms with van der Waals surface area (Å²) in [6, 6.07) is 19.2. The molecule has 0 atom stereocenters. The number of benzene rings is 3. The first kappa shape index (κ1) is 21.8. The molecule has 1 aromatic heterocycles. The molecule has 3 aromatic carbocycles. The maximum atomic E-state index is 5.46. The lowest BCUT2D eigenvalue weighted by atomic mass is 10.2. The number of hydrogen-bond donors (Lipinski definition) is 3. The maximum absolute atomic E-state index is 5.46. The fourth-order valence-corrected chi connectivity index (χ4v) is 3.61. The molecule has 4 rings (SSSR count). The molecule has 0 bridgehead atoms. The molecule has 0 amide bonds. The van der Waals surface area contributed by atoms with Crippen LogP contribution in [0.15, 0.2) is 71.5 Å². The molecule has 0 unspecified atom stereocenters. The van der Waals surface area contributed by atoms with Crippen LogP contribution in [0.25, 0.3) is 10.9 Å². The average molecular weight is 510 g/mol. The number of thiocarbonyl (C=S) groups is 1. The van der Waals surface area contributed by atoms with E-state index in [9.17, 15) is 0 Å². The molecule has 4 aromatic rings. The summed E-state index contributed by atoms with van der Waals surface area (Å²) >= 11 is 8.88. The van der Waals surface area contributed by atoms with Crippen LogP contribution in [0.1, 0.15) is 0 Å². The molecule has 0 aliphatic carbocycles. The Morgan fingerprint density at radius 3 is 2.25 bits per heavy atom. The lowest BCUT2D eigenvalue weighted by Crippen LogP contribution is -2.18. The van der Waals surface area contributed by atoms with Gasteiger partial charge in [0.15, 0.2) is 16.6 Å². The first-order chi connectivity index (χ1) is 15.6. The third-order valence-corrected chi connectivity index (χ3v) is 5.37. The number of methoxy groups -OCH3 is 2. The number of ether oxygens (including phenoxy) is 2. The monoisotopic (exact) mass is 509 g/mol. The van der Waals surface area contributed by atoms with Crippen molar-refractivity contribution in [1.29, 1.82) is 0 Å². The van der Waals surface area contributed by atoms with Gasteiger partial charge in [-0.1, -0.05) is 15.9 Å². The molecule has 7 nitrogen and oxygen atoms in total. The number of nitrogens with one attached hydrogen (secondary N) is 3. The van der Waals surface area contributed by atoms with Crippen LogP contribution in [0.2, 0.25) is 0 Å². The number of halogens is 1. The van der Waals surface area contributed by atoms with Crippen LogP contribution in [0, 0.1) is 0 Å². The van der Waals surface area contributed by atoms with Crippen molar-refractivity contribution in [2.24, 2.45) is 0 Å². The molecule has 9 heteroatoms. The van der Waals surface area contributed by atoms with Gasteiger partial charge >= 0.3 is 0 Å². The first-order valence-corrected chi connectivity index (χ1v) is 10.8. The fourth-order valence-electron chi connectivity index (χ4n) is 3.11. The minimum atomic E-state index is 0.484. The number of anilines is 4. The van der Waals surface area contributed by atoms with E-state index in [4.69, 9.17) is 21.7 Å². The molecule has 0 spiro atoms. The maximum Gasteiger partial charge on any atom is 0.175 e. The fraction of sp³-hybridized carbons (Fsp3) is 0.0870. The summed E-state index contributed by atoms with van der Waals surface area (Å²) in [6.45, 7) is 0. The summed E-state index contributed by atoms with van der Waals surface area (Å²) in [5, 5.41) is 11.0. The molecule has 3 N–H and O–H groups in total. The van der Waals surface area contributed by atoms with Crippen LogP contribution < -0.4 is 25.4 Å². The molecule has 32 heavy (non-hydrogen) atoms. The zero-order chi connectivity index (χ0) is 22.5. The number of rotatable bonds is 6. The Kier molecular flexibility index (Phi) is 6.67. The number of aromatic nitrogens is 2. The summed E-state index contributed by atoms with van der Waals surface area (Å²) in [5.41, 5.74) is 3.33. The van der Waals surface area contributed by atoms with E-state index < -0.39 is 0 Å². The largest absolute Gasteiger partial charge is 0.493 e. The average Bonchev–Trinajstić information content (AvgIpc) is 2.81. The van der Waals surface area contributed by atoms with Crippen LogP contribution in [0.4, 0.5) is 22.9 Å². The highest BCUT2D eigenvalue weighted by molar-refractivity contribution is 9.10. The highest BCUT2D eigenvalue weighted by Gasteiger charge is 2.09. The van der Waals surface area contributed by atoms with E-state index in [0.717, 1.165) is 32.4 Å². The minimum Gasteiger partial charge on any atom is -0.493 e. The number of fused-ring (bicyclic) bond motifs is 1. The molecule has 0 saturated carbocycles. The van der Waals surface area contributed by atoms with Gasteiger partial charge < -0.3 is 25.4 Å². The molecule has 1 heterocycles. The second-order valence-corrected chi connectivity index (χ2v) is 8.06. The first-order valence-electron chi connectivity index (χ1n) is 9.63. The van der Waals surface area contributed by atoms with Crippen molar-refractivity contribution >= 4 is 67.0 Å². The van der Waals surface area contributed by atoms with Crippen molar-refractivity contribution in [2.75, 3.05) is 30.2 Å². The lowest BCUT2D eigenvalue weighted by molar-refractivity contribution is 0.355. The number of nitrogens with zero attached hydrogens (tertiary/aromatic N) is 2. The van der Waals surface area contributed by atoms with Gasteiger partial charge in [0.05, 0.1) is 19.7 Å². The van der Waals surface area contributed by atoms with E-state index in [1.54, 1.807) is 14.2 Å². The summed E-state index contributed by atoms with van der Waals surface area (Å²) in [4.78, 5) is 8.79. The quantitative estimate of drug-likeness (QED) is 0.274. The molecule has 0 saturated heterocycles. The third-order valence-electron chi connectivity index (χ3n) is 4.64. The van der Waals surface area contributed by atoms with Crippen LogP contribution in [-0.4, -0.2) is 29.3 Å². The van der Waals surface area contributed by atoms with Gasteiger partial charge in [-0.15, -0.1) is 0 Å². The zero-order valence-electron chi connectivity index (χ0n) is 17.3. The van der Waals surface area contributed by atoms with E-state index >= 15 is 0 Å². The summed E-state index contributed by atoms with van der Waals surface area (Å²) in [7, 11) is 3.21. The molecule has 0 fully saturated rings. The highest BCUT2D eigenvalue weighted by Crippen LogP contribution is 2.32. The predicted molar refractivity (Wildman–Crippen MR) is 136 cm³/mol. The van der Waals surface area contributed by atoms with Crippen LogP contribution >= 0.6 is 28.1 Å². The van der Waals surface area contributed by atoms with Gasteiger partial charge in [-0.2, -0.15) is 0 Å². The summed E-state index contributed by atoms with van der Waals surface area (Å²) in [6.07, 6.45) is 1.53. The standard InChI is InChI=1S/C23H20BrN5O2S/c1-30-20-10-8-17(12-21(20)31-2)27-22-18-11-16(7-9-19(18)25-13-26-22)29-23(32)28-15-5-3-14(24)4-6-15/h3-13H,1-2H3,(H,25,26,27)(H2,28,29,32). The Morgan fingerprint density at radius 1 is 0.812 bits per heavy atom. The Hall–Kier alpha value is -3.43. The van der Waals surface area contributed by atoms with Gasteiger partial charge in [-0.3, -0.25) is 0 Å². The van der Waals surface area contributed by atoms with Gasteiger partial charge in [-0.05, 0) is 66.8 Å². The Bertz CT molecular complexity index is 1270. The second-order valence-electron chi connectivity index (χ2n) is 6.73. The molecule has 162 valence electrons. The Morgan fingerprint density at radius 2 is 1.50 bits per heavy atom. The summed E-state index contributed by atoms with van der Waals surface area (Å²) < 4.78 is 11.7. The van der Waals surface area contributed by atoms with E-state index in [-0.39, 0.29) is 0 Å². The zero-order valence-corrected chi connectivity index (χ0v) is 19.8. The van der Waals surface area contributed by atoms with E-state index in [1.165, 1.54) is 6.33 Å². The molecular formula is C23H20BrN5O2S. The van der Waals surface area contributed by atoms with Crippen molar-refractivity contribution in [1.82, 2.24) is 9.97 Å². The Labute approximate surface area is 199 Å². The van der Waals surface area contributed by atoms with Crippen LogP contribution in [-0.2, 0) is 0 Å². The molecule has 0 aliphatic rings. The lowest BCUT2D eigenvalue weighted by Gasteiger charge is -2.14. The highest BCUT2D eigenvalue weighted by atomic mass is 79.9. The summed E-state index contributed by atoms with van der Waals surface area (Å²) in [5.74, 6) is 1.95. The van der Waals surface area contributed by atoms with Gasteiger partial charge in [0.2, 0.25) is 0 Å². The van der Waals surface area contributed by atoms with Gasteiger partial charge in [-0.25, -0.2) is 9.97 Å². The second kappa shape index (κ2) is 9.80. The van der Waals surface area contributed by atoms with E-state index in [2.05, 4.69) is 41.8 Å². The van der Waals surface area contributed by atoms with Crippen molar-refractivity contribution in [3.8, 4) is 11.5 Å². The van der Waals surface area contributed by atoms with Crippen molar-refractivity contribution in [3.63, 3.8) is 0 Å². The normalized spacial score (nSPS) is 10.5.